The maximum atomic E-state index is 13.9. The second-order valence-electron chi connectivity index (χ2n) is 12.6. The number of aliphatic hydroxyl groups excluding tert-OH is 1. The first-order valence-corrected chi connectivity index (χ1v) is 15.7. The molecule has 1 aliphatic heterocycles. The molecule has 0 bridgehead atoms. The van der Waals surface area contributed by atoms with Crippen LogP contribution in [-0.4, -0.2) is 107 Å². The average Bonchev–Trinajstić information content (AvgIpc) is 3.03. The predicted molar refractivity (Wildman–Crippen MR) is 165 cm³/mol. The number of likely N-dealkylation sites (N-methyl/N-ethyl adjacent to an activating group) is 1. The maximum Gasteiger partial charge on any atom is 0.306 e. The summed E-state index contributed by atoms with van der Waals surface area (Å²) in [6.07, 6.45) is -3.40. The first-order valence-electron chi connectivity index (χ1n) is 15.7. The molecule has 13 heteroatoms. The molecule has 1 fully saturated rings. The van der Waals surface area contributed by atoms with Gasteiger partial charge >= 0.3 is 5.97 Å². The lowest BCUT2D eigenvalue weighted by atomic mass is 9.72. The van der Waals surface area contributed by atoms with Crippen LogP contribution in [0.15, 0.2) is 18.2 Å². The first kappa shape index (κ1) is 34.5. The number of methoxy groups -OCH3 is 1. The molecule has 6 atom stereocenters. The Bertz CT molecular complexity index is 1600. The van der Waals surface area contributed by atoms with E-state index in [9.17, 15) is 39.6 Å². The monoisotopic (exact) mass is 655 g/mol. The van der Waals surface area contributed by atoms with Crippen LogP contribution < -0.4 is 4.74 Å². The van der Waals surface area contributed by atoms with Gasteiger partial charge in [0.25, 0.3) is 0 Å². The largest absolute Gasteiger partial charge is 0.507 e. The zero-order valence-electron chi connectivity index (χ0n) is 27.1. The Morgan fingerprint density at radius 2 is 1.79 bits per heavy atom. The fraction of sp³-hybridized carbons (Fsp3) is 0.529. The molecule has 5 rings (SSSR count). The minimum absolute atomic E-state index is 0.0525. The number of nitrogens with zero attached hydrogens (tertiary/aromatic N) is 1. The molecule has 3 aliphatic rings. The van der Waals surface area contributed by atoms with Crippen molar-refractivity contribution in [2.45, 2.75) is 88.6 Å². The zero-order chi connectivity index (χ0) is 34.4. The van der Waals surface area contributed by atoms with E-state index in [-0.39, 0.29) is 40.8 Å². The van der Waals surface area contributed by atoms with Crippen molar-refractivity contribution in [3.63, 3.8) is 0 Å². The number of carbonyl (C=O) groups is 4. The number of aromatic hydroxyl groups is 2. The molecule has 13 nitrogen and oxygen atoms in total. The molecule has 4 N–H and O–H groups in total. The summed E-state index contributed by atoms with van der Waals surface area (Å²) in [5.41, 5.74) is -3.62. The number of phenolic OH excluding ortho intramolecular Hbond substituents is 2. The van der Waals surface area contributed by atoms with Crippen LogP contribution in [0.1, 0.15) is 95.0 Å². The molecule has 0 aromatic heterocycles. The van der Waals surface area contributed by atoms with Crippen molar-refractivity contribution in [1.29, 1.82) is 0 Å². The van der Waals surface area contributed by atoms with E-state index in [1.54, 1.807) is 25.9 Å². The van der Waals surface area contributed by atoms with E-state index >= 15 is 0 Å². The van der Waals surface area contributed by atoms with Gasteiger partial charge in [0, 0.05) is 48.4 Å². The molecular weight excluding hydrogens is 614 g/mol. The molecule has 2 aromatic carbocycles. The smallest absolute Gasteiger partial charge is 0.306 e. The van der Waals surface area contributed by atoms with Crippen molar-refractivity contribution in [3.8, 4) is 17.2 Å². The van der Waals surface area contributed by atoms with Crippen LogP contribution in [0.2, 0.25) is 0 Å². The van der Waals surface area contributed by atoms with Gasteiger partial charge in [-0.05, 0) is 33.5 Å². The van der Waals surface area contributed by atoms with Gasteiger partial charge in [-0.2, -0.15) is 0 Å². The summed E-state index contributed by atoms with van der Waals surface area (Å²) in [4.78, 5) is 55.1. The first-order chi connectivity index (χ1) is 22.2. The van der Waals surface area contributed by atoms with Gasteiger partial charge in [0.1, 0.15) is 22.8 Å². The number of Topliss-reactive ketones (excluding diaryl/α,β-unsaturated/α-hetero) is 1. The van der Waals surface area contributed by atoms with Gasteiger partial charge in [0.2, 0.25) is 11.6 Å². The Morgan fingerprint density at radius 1 is 1.09 bits per heavy atom. The second-order valence-corrected chi connectivity index (χ2v) is 12.6. The topological polar surface area (TPSA) is 189 Å². The molecule has 0 amide bonds. The summed E-state index contributed by atoms with van der Waals surface area (Å²) < 4.78 is 22.7. The minimum atomic E-state index is -2.27. The lowest BCUT2D eigenvalue weighted by molar-refractivity contribution is -0.256. The Hall–Kier alpha value is -3.88. The summed E-state index contributed by atoms with van der Waals surface area (Å²) >= 11 is 0. The van der Waals surface area contributed by atoms with E-state index in [2.05, 4.69) is 0 Å². The van der Waals surface area contributed by atoms with E-state index in [1.165, 1.54) is 25.3 Å². The summed E-state index contributed by atoms with van der Waals surface area (Å²) in [6, 6.07) is 4.00. The predicted octanol–water partition coefficient (Wildman–Crippen LogP) is 2.35. The van der Waals surface area contributed by atoms with Gasteiger partial charge in [0.15, 0.2) is 18.7 Å². The molecule has 2 aromatic rings. The number of hydrogen-bond donors (Lipinski definition) is 4. The highest BCUT2D eigenvalue weighted by molar-refractivity contribution is 6.31. The van der Waals surface area contributed by atoms with Crippen molar-refractivity contribution in [2.75, 3.05) is 27.8 Å². The molecule has 0 spiro atoms. The van der Waals surface area contributed by atoms with Crippen molar-refractivity contribution in [2.24, 2.45) is 0 Å². The lowest BCUT2D eigenvalue weighted by Crippen LogP contribution is -2.54. The van der Waals surface area contributed by atoms with Gasteiger partial charge in [-0.1, -0.05) is 25.5 Å². The summed E-state index contributed by atoms with van der Waals surface area (Å²) in [5.74, 6) is -4.27. The highest BCUT2D eigenvalue weighted by Gasteiger charge is 2.50. The van der Waals surface area contributed by atoms with E-state index in [0.29, 0.717) is 6.42 Å². The molecule has 2 aliphatic carbocycles. The van der Waals surface area contributed by atoms with Crippen molar-refractivity contribution in [3.05, 3.63) is 51.6 Å². The number of benzene rings is 2. The zero-order valence-corrected chi connectivity index (χ0v) is 27.1. The quantitative estimate of drug-likeness (QED) is 0.184. The SMILES string of the molecule is CCCCC(=O)OCC(=O)[C@]1(O)Cc2c(O)c3c(c(O)c2[C@@H](O[C@@H]2C[C@H](N(C)C)[C@H](O)[C@H](C)O2)C1)C(=O)c1c(OC)cccc1C3=O. The van der Waals surface area contributed by atoms with Crippen molar-refractivity contribution in [1.82, 2.24) is 4.90 Å². The molecule has 0 unspecified atom stereocenters. The molecule has 1 heterocycles. The number of fused-ring (bicyclic) bond motifs is 3. The Balaban J connectivity index is 1.60. The van der Waals surface area contributed by atoms with E-state index in [0.717, 1.165) is 6.42 Å². The van der Waals surface area contributed by atoms with Crippen LogP contribution in [0.25, 0.3) is 0 Å². The highest BCUT2D eigenvalue weighted by atomic mass is 16.7. The number of hydrogen-bond acceptors (Lipinski definition) is 13. The highest BCUT2D eigenvalue weighted by Crippen LogP contribution is 2.52. The Labute approximate surface area is 272 Å². The molecule has 1 saturated heterocycles. The third kappa shape index (κ3) is 6.14. The van der Waals surface area contributed by atoms with Crippen LogP contribution in [-0.2, 0) is 30.2 Å². The number of ketones is 3. The fourth-order valence-corrected chi connectivity index (χ4v) is 6.73. The molecule has 0 saturated carbocycles. The van der Waals surface area contributed by atoms with Crippen LogP contribution >= 0.6 is 0 Å². The van der Waals surface area contributed by atoms with Crippen LogP contribution in [0.5, 0.6) is 17.2 Å². The van der Waals surface area contributed by atoms with Crippen LogP contribution in [0.4, 0.5) is 0 Å². The number of phenols is 2. The van der Waals surface area contributed by atoms with Gasteiger partial charge in [-0.3, -0.25) is 19.2 Å². The maximum absolute atomic E-state index is 13.9. The lowest BCUT2D eigenvalue weighted by Gasteiger charge is -2.44. The van der Waals surface area contributed by atoms with Crippen molar-refractivity contribution >= 4 is 23.3 Å². The van der Waals surface area contributed by atoms with Crippen molar-refractivity contribution < 1.29 is 58.6 Å². The summed E-state index contributed by atoms with van der Waals surface area (Å²) in [5, 5.41) is 45.9. The summed E-state index contributed by atoms with van der Waals surface area (Å²) in [7, 11) is 4.89. The normalized spacial score (nSPS) is 26.8. The standard InChI is InChI=1S/C34H41NO12/c1-6-7-11-23(37)45-15-22(36)34(43)13-18-26(21(14-34)47-24-12-19(35(3)4)29(38)16(2)46-24)33(42)28-27(31(18)40)30(39)17-9-8-10-20(44-5)25(17)32(28)41/h8-10,16,19,21,24,29,38,40,42-43H,6-7,11-15H2,1-5H3/t16-,19-,21-,24+,29+,34-/m0/s1. The minimum Gasteiger partial charge on any atom is -0.507 e. The van der Waals surface area contributed by atoms with Gasteiger partial charge in [0.05, 0.1) is 42.1 Å². The number of unbranched alkanes of at least 4 members (excludes halogenated alkanes) is 1. The number of aliphatic hydroxyl groups is 2. The third-order valence-corrected chi connectivity index (χ3v) is 9.35. The Kier molecular flexibility index (Phi) is 9.76. The third-order valence-electron chi connectivity index (χ3n) is 9.35. The van der Waals surface area contributed by atoms with Gasteiger partial charge < -0.3 is 44.3 Å². The van der Waals surface area contributed by atoms with Gasteiger partial charge in [-0.15, -0.1) is 0 Å². The van der Waals surface area contributed by atoms with E-state index in [4.69, 9.17) is 18.9 Å². The fourth-order valence-electron chi connectivity index (χ4n) is 6.73. The molecule has 47 heavy (non-hydrogen) atoms. The number of esters is 1. The van der Waals surface area contributed by atoms with Gasteiger partial charge in [-0.25, -0.2) is 0 Å². The molecular formula is C34H41NO12. The van der Waals surface area contributed by atoms with E-state index < -0.39 is 102 Å². The second kappa shape index (κ2) is 13.3. The van der Waals surface area contributed by atoms with Crippen LogP contribution in [0.3, 0.4) is 0 Å². The van der Waals surface area contributed by atoms with E-state index in [1.807, 2.05) is 6.92 Å². The molecule has 254 valence electrons. The number of rotatable bonds is 10. The number of carbonyl (C=O) groups excluding carboxylic acids is 4. The summed E-state index contributed by atoms with van der Waals surface area (Å²) in [6.45, 7) is 2.80. The average molecular weight is 656 g/mol. The van der Waals surface area contributed by atoms with Crippen LogP contribution in [0, 0.1) is 0 Å². The Morgan fingerprint density at radius 3 is 2.45 bits per heavy atom. The number of ether oxygens (including phenoxy) is 4. The molecule has 0 radical (unpaired) electrons.